The van der Waals surface area contributed by atoms with E-state index >= 15 is 0 Å². The van der Waals surface area contributed by atoms with Crippen molar-refractivity contribution in [3.8, 4) is 5.75 Å². The lowest BCUT2D eigenvalue weighted by Gasteiger charge is -2.30. The lowest BCUT2D eigenvalue weighted by molar-refractivity contribution is -0.163. The van der Waals surface area contributed by atoms with E-state index in [-0.39, 0.29) is 12.7 Å². The van der Waals surface area contributed by atoms with Gasteiger partial charge >= 0.3 is 11.9 Å². The first-order chi connectivity index (χ1) is 12.5. The highest BCUT2D eigenvalue weighted by atomic mass is 16.6. The minimum Gasteiger partial charge on any atom is -0.497 e. The summed E-state index contributed by atoms with van der Waals surface area (Å²) < 4.78 is 26.0. The fourth-order valence-corrected chi connectivity index (χ4v) is 2.68. The van der Waals surface area contributed by atoms with Crippen LogP contribution in [-0.2, 0) is 35.1 Å². The molecule has 142 valence electrons. The monoisotopic (exact) mass is 364 g/mol. The molecule has 1 fully saturated rings. The van der Waals surface area contributed by atoms with E-state index in [4.69, 9.17) is 18.9 Å². The maximum absolute atomic E-state index is 11.8. The summed E-state index contributed by atoms with van der Waals surface area (Å²) in [7, 11) is 4.23. The average molecular weight is 364 g/mol. The molecule has 26 heavy (non-hydrogen) atoms. The predicted molar refractivity (Wildman–Crippen MR) is 92.7 cm³/mol. The highest BCUT2D eigenvalue weighted by Gasteiger charge is 2.31. The van der Waals surface area contributed by atoms with Crippen LogP contribution in [0.4, 0.5) is 0 Å². The molecule has 0 amide bonds. The van der Waals surface area contributed by atoms with E-state index < -0.39 is 18.0 Å². The van der Waals surface area contributed by atoms with Crippen molar-refractivity contribution in [3.63, 3.8) is 0 Å². The van der Waals surface area contributed by atoms with Crippen LogP contribution in [0.15, 0.2) is 35.9 Å². The first-order valence-corrected chi connectivity index (χ1v) is 8.27. The molecular weight excluding hydrogens is 340 g/mol. The molecular formula is C19H24O7. The molecule has 1 aliphatic rings. The van der Waals surface area contributed by atoms with Crippen LogP contribution in [0.3, 0.4) is 0 Å². The molecule has 0 aromatic heterocycles. The fourth-order valence-electron chi connectivity index (χ4n) is 2.68. The van der Waals surface area contributed by atoms with Crippen molar-refractivity contribution in [3.05, 3.63) is 41.5 Å². The third-order valence-electron chi connectivity index (χ3n) is 4.01. The molecule has 7 heteroatoms. The number of methoxy groups -OCH3 is 3. The summed E-state index contributed by atoms with van der Waals surface area (Å²) in [5, 5.41) is 0. The molecule has 2 rings (SSSR count). The molecule has 0 spiro atoms. The summed E-state index contributed by atoms with van der Waals surface area (Å²) in [6.07, 6.45) is 1.10. The number of rotatable bonds is 7. The summed E-state index contributed by atoms with van der Waals surface area (Å²) in [4.78, 5) is 23.3. The van der Waals surface area contributed by atoms with Crippen LogP contribution in [-0.4, -0.2) is 52.1 Å². The number of carbonyl (C=O) groups excluding carboxylic acids is 2. The Morgan fingerprint density at radius 1 is 1.12 bits per heavy atom. The first kappa shape index (κ1) is 19.9. The minimum atomic E-state index is -0.751. The second kappa shape index (κ2) is 9.94. The van der Waals surface area contributed by atoms with Crippen LogP contribution in [0.2, 0.25) is 0 Å². The fraction of sp³-hybridized carbons (Fsp3) is 0.474. The van der Waals surface area contributed by atoms with Gasteiger partial charge in [0.2, 0.25) is 0 Å². The van der Waals surface area contributed by atoms with Gasteiger partial charge in [0.15, 0.2) is 6.10 Å². The quantitative estimate of drug-likeness (QED) is 0.541. The number of carbonyl (C=O) groups is 2. The maximum Gasteiger partial charge on any atom is 0.335 e. The van der Waals surface area contributed by atoms with Crippen LogP contribution in [0.25, 0.3) is 0 Å². The van der Waals surface area contributed by atoms with Gasteiger partial charge in [-0.2, -0.15) is 0 Å². The zero-order chi connectivity index (χ0) is 18.9. The molecule has 1 saturated heterocycles. The first-order valence-electron chi connectivity index (χ1n) is 8.27. The van der Waals surface area contributed by atoms with Gasteiger partial charge in [-0.05, 0) is 24.1 Å². The van der Waals surface area contributed by atoms with E-state index in [1.165, 1.54) is 20.3 Å². The number of esters is 2. The van der Waals surface area contributed by atoms with Crippen LogP contribution >= 0.6 is 0 Å². The van der Waals surface area contributed by atoms with Crippen molar-refractivity contribution < 1.29 is 33.3 Å². The van der Waals surface area contributed by atoms with E-state index in [0.717, 1.165) is 16.9 Å². The Labute approximate surface area is 152 Å². The van der Waals surface area contributed by atoms with E-state index in [9.17, 15) is 9.59 Å². The van der Waals surface area contributed by atoms with Crippen molar-refractivity contribution in [2.75, 3.05) is 27.9 Å². The van der Waals surface area contributed by atoms with E-state index in [2.05, 4.69) is 4.74 Å². The average Bonchev–Trinajstić information content (AvgIpc) is 2.67. The lowest BCUT2D eigenvalue weighted by atomic mass is 9.97. The zero-order valence-electron chi connectivity index (χ0n) is 15.2. The Morgan fingerprint density at radius 3 is 2.46 bits per heavy atom. The molecule has 0 aliphatic carbocycles. The topological polar surface area (TPSA) is 80.3 Å². The normalized spacial score (nSPS) is 21.3. The standard InChI is InChI=1S/C19H24O7/c1-22-15-6-4-13(5-7-15)11-25-12-16-8-14(10-18(20)23-2)9-17(26-16)19(21)24-3/h4-7,10,16-17H,8-9,11-12H2,1-3H3/b14-10+/t16-,17+/m1/s1. The van der Waals surface area contributed by atoms with Gasteiger partial charge in [-0.1, -0.05) is 17.7 Å². The molecule has 1 aromatic carbocycles. The summed E-state index contributed by atoms with van der Waals surface area (Å²) >= 11 is 0. The third-order valence-corrected chi connectivity index (χ3v) is 4.01. The molecule has 1 heterocycles. The Balaban J connectivity index is 1.93. The van der Waals surface area contributed by atoms with Gasteiger partial charge in [0.25, 0.3) is 0 Å². The molecule has 1 aromatic rings. The predicted octanol–water partition coefficient (Wildman–Crippen LogP) is 2.03. The minimum absolute atomic E-state index is 0.290. The molecule has 0 unspecified atom stereocenters. The second-order valence-electron chi connectivity index (χ2n) is 5.87. The Kier molecular flexibility index (Phi) is 7.62. The van der Waals surface area contributed by atoms with Gasteiger partial charge < -0.3 is 23.7 Å². The van der Waals surface area contributed by atoms with E-state index in [0.29, 0.717) is 19.4 Å². The van der Waals surface area contributed by atoms with Gasteiger partial charge in [0.1, 0.15) is 5.75 Å². The van der Waals surface area contributed by atoms with Crippen molar-refractivity contribution in [2.45, 2.75) is 31.7 Å². The summed E-state index contributed by atoms with van der Waals surface area (Å²) in [6, 6.07) is 7.56. The smallest absolute Gasteiger partial charge is 0.335 e. The molecule has 0 radical (unpaired) electrons. The van der Waals surface area contributed by atoms with Gasteiger partial charge in [-0.25, -0.2) is 9.59 Å². The van der Waals surface area contributed by atoms with Crippen molar-refractivity contribution in [1.29, 1.82) is 0 Å². The Morgan fingerprint density at radius 2 is 1.85 bits per heavy atom. The van der Waals surface area contributed by atoms with Gasteiger partial charge in [-0.15, -0.1) is 0 Å². The highest BCUT2D eigenvalue weighted by Crippen LogP contribution is 2.26. The summed E-state index contributed by atoms with van der Waals surface area (Å²) in [5.41, 5.74) is 1.77. The van der Waals surface area contributed by atoms with Crippen LogP contribution in [0.5, 0.6) is 5.75 Å². The van der Waals surface area contributed by atoms with Crippen molar-refractivity contribution in [2.24, 2.45) is 0 Å². The number of hydrogen-bond donors (Lipinski definition) is 0. The van der Waals surface area contributed by atoms with Crippen molar-refractivity contribution in [1.82, 2.24) is 0 Å². The largest absolute Gasteiger partial charge is 0.497 e. The molecule has 1 aliphatic heterocycles. The van der Waals surface area contributed by atoms with Crippen LogP contribution in [0.1, 0.15) is 18.4 Å². The lowest BCUT2D eigenvalue weighted by Crippen LogP contribution is -2.37. The Bertz CT molecular complexity index is 636. The molecule has 0 saturated carbocycles. The number of benzene rings is 1. The van der Waals surface area contributed by atoms with E-state index in [1.807, 2.05) is 24.3 Å². The number of hydrogen-bond acceptors (Lipinski definition) is 7. The van der Waals surface area contributed by atoms with Crippen molar-refractivity contribution >= 4 is 11.9 Å². The molecule has 0 N–H and O–H groups in total. The second-order valence-corrected chi connectivity index (χ2v) is 5.87. The zero-order valence-corrected chi connectivity index (χ0v) is 15.2. The van der Waals surface area contributed by atoms with E-state index in [1.54, 1.807) is 7.11 Å². The maximum atomic E-state index is 11.8. The molecule has 0 bridgehead atoms. The molecule has 2 atom stereocenters. The van der Waals surface area contributed by atoms with Crippen LogP contribution < -0.4 is 4.74 Å². The van der Waals surface area contributed by atoms with Crippen LogP contribution in [0, 0.1) is 0 Å². The SMILES string of the molecule is COC(=O)/C=C1\C[C@H](COCc2ccc(OC)cc2)O[C@H](C(=O)OC)C1. The molecule has 7 nitrogen and oxygen atoms in total. The van der Waals surface area contributed by atoms with Gasteiger partial charge in [0.05, 0.1) is 40.6 Å². The van der Waals surface area contributed by atoms with Gasteiger partial charge in [0, 0.05) is 12.5 Å². The highest BCUT2D eigenvalue weighted by molar-refractivity contribution is 5.83. The summed E-state index contributed by atoms with van der Waals surface area (Å²) in [6.45, 7) is 0.695. The Hall–Kier alpha value is -2.38. The summed E-state index contributed by atoms with van der Waals surface area (Å²) in [5.74, 6) is -0.146. The third kappa shape index (κ3) is 5.86. The van der Waals surface area contributed by atoms with Gasteiger partial charge in [-0.3, -0.25) is 0 Å². The number of ether oxygens (including phenoxy) is 5.